The number of nitrogens with two attached hydrogens (primary N) is 1. The Morgan fingerprint density at radius 1 is 1.40 bits per heavy atom. The molecule has 0 aromatic carbocycles. The fourth-order valence-corrected chi connectivity index (χ4v) is 1.56. The van der Waals surface area contributed by atoms with Crippen molar-refractivity contribution in [3.05, 3.63) is 18.1 Å². The molecule has 0 atom stereocenters. The van der Waals surface area contributed by atoms with Gasteiger partial charge in [0.2, 0.25) is 0 Å². The summed E-state index contributed by atoms with van der Waals surface area (Å²) in [4.78, 5) is 10.9. The zero-order valence-electron chi connectivity index (χ0n) is 9.10. The molecule has 2 N–H and O–H groups in total. The third-order valence-electron chi connectivity index (χ3n) is 2.09. The monoisotopic (exact) mass is 224 g/mol. The smallest absolute Gasteiger partial charge is 0.157 e. The molecule has 15 heavy (non-hydrogen) atoms. The van der Waals surface area contributed by atoms with E-state index in [0.29, 0.717) is 10.7 Å². The number of thiocarbonyl (C=S) groups is 1. The number of nitrogens with zero attached hydrogens (tertiary/aromatic N) is 3. The molecule has 0 aliphatic rings. The highest BCUT2D eigenvalue weighted by atomic mass is 32.1. The van der Waals surface area contributed by atoms with Crippen molar-refractivity contribution in [3.8, 4) is 0 Å². The van der Waals surface area contributed by atoms with Crippen LogP contribution in [0.25, 0.3) is 0 Å². The quantitative estimate of drug-likeness (QED) is 0.765. The molecule has 0 bridgehead atoms. The minimum Gasteiger partial charge on any atom is -0.388 e. The Balaban J connectivity index is 3.04. The molecule has 1 rings (SSSR count). The van der Waals surface area contributed by atoms with Crippen LogP contribution in [0.3, 0.4) is 0 Å². The number of rotatable bonds is 5. The van der Waals surface area contributed by atoms with E-state index in [1.165, 1.54) is 0 Å². The second-order valence-corrected chi connectivity index (χ2v) is 3.61. The molecule has 0 unspecified atom stereocenters. The summed E-state index contributed by atoms with van der Waals surface area (Å²) in [5, 5.41) is 0. The standard InChI is InChI=1S/C10H16N4S/c1-3-7-14(4-2)10-8(9(11)15)12-5-6-13-10/h5-6H,3-4,7H2,1-2H3,(H2,11,15). The van der Waals surface area contributed by atoms with Crippen molar-refractivity contribution in [3.63, 3.8) is 0 Å². The topological polar surface area (TPSA) is 55.0 Å². The number of anilines is 1. The van der Waals surface area contributed by atoms with Gasteiger partial charge in [-0.25, -0.2) is 9.97 Å². The van der Waals surface area contributed by atoms with E-state index in [-0.39, 0.29) is 0 Å². The van der Waals surface area contributed by atoms with Crippen LogP contribution in [-0.4, -0.2) is 28.0 Å². The Morgan fingerprint density at radius 3 is 2.60 bits per heavy atom. The van der Waals surface area contributed by atoms with Crippen molar-refractivity contribution >= 4 is 23.0 Å². The molecular formula is C10H16N4S. The van der Waals surface area contributed by atoms with Crippen LogP contribution in [0.1, 0.15) is 26.0 Å². The number of hydrogen-bond acceptors (Lipinski definition) is 4. The van der Waals surface area contributed by atoms with Gasteiger partial charge in [0.25, 0.3) is 0 Å². The average molecular weight is 224 g/mol. The first-order chi connectivity index (χ1) is 7.20. The SMILES string of the molecule is CCCN(CC)c1nccnc1C(N)=S. The molecule has 0 saturated carbocycles. The van der Waals surface area contributed by atoms with Crippen LogP contribution >= 0.6 is 12.2 Å². The molecule has 0 amide bonds. The highest BCUT2D eigenvalue weighted by Gasteiger charge is 2.12. The molecule has 82 valence electrons. The second-order valence-electron chi connectivity index (χ2n) is 3.17. The normalized spacial score (nSPS) is 10.0. The molecule has 1 heterocycles. The summed E-state index contributed by atoms with van der Waals surface area (Å²) in [7, 11) is 0. The Hall–Kier alpha value is -1.23. The summed E-state index contributed by atoms with van der Waals surface area (Å²) in [5.74, 6) is 0.786. The average Bonchev–Trinajstić information content (AvgIpc) is 2.26. The molecule has 0 fully saturated rings. The highest BCUT2D eigenvalue weighted by molar-refractivity contribution is 7.80. The molecule has 5 heteroatoms. The van der Waals surface area contributed by atoms with E-state index < -0.39 is 0 Å². The first kappa shape index (κ1) is 11.8. The van der Waals surface area contributed by atoms with Crippen molar-refractivity contribution in [1.29, 1.82) is 0 Å². The lowest BCUT2D eigenvalue weighted by Gasteiger charge is -2.22. The summed E-state index contributed by atoms with van der Waals surface area (Å²) >= 11 is 4.95. The zero-order chi connectivity index (χ0) is 11.3. The maximum absolute atomic E-state index is 5.61. The molecule has 0 saturated heterocycles. The molecule has 0 spiro atoms. The molecule has 4 nitrogen and oxygen atoms in total. The Kier molecular flexibility index (Phi) is 4.42. The van der Waals surface area contributed by atoms with E-state index in [9.17, 15) is 0 Å². The largest absolute Gasteiger partial charge is 0.388 e. The van der Waals surface area contributed by atoms with Gasteiger partial charge in [0.05, 0.1) is 0 Å². The maximum Gasteiger partial charge on any atom is 0.157 e. The van der Waals surface area contributed by atoms with Gasteiger partial charge in [-0.1, -0.05) is 19.1 Å². The summed E-state index contributed by atoms with van der Waals surface area (Å²) in [6.07, 6.45) is 4.33. The fraction of sp³-hybridized carbons (Fsp3) is 0.500. The van der Waals surface area contributed by atoms with Gasteiger partial charge in [0.15, 0.2) is 5.82 Å². The van der Waals surface area contributed by atoms with Crippen LogP contribution in [0, 0.1) is 0 Å². The lowest BCUT2D eigenvalue weighted by molar-refractivity contribution is 0.774. The molecule has 0 aliphatic heterocycles. The van der Waals surface area contributed by atoms with Crippen molar-refractivity contribution in [1.82, 2.24) is 9.97 Å². The van der Waals surface area contributed by atoms with Crippen molar-refractivity contribution < 1.29 is 0 Å². The van der Waals surface area contributed by atoms with Gasteiger partial charge < -0.3 is 10.6 Å². The number of hydrogen-bond donors (Lipinski definition) is 1. The summed E-state index contributed by atoms with van der Waals surface area (Å²) < 4.78 is 0. The number of aromatic nitrogens is 2. The van der Waals surface area contributed by atoms with Gasteiger partial charge in [-0.2, -0.15) is 0 Å². The molecule has 0 radical (unpaired) electrons. The Morgan fingerprint density at radius 2 is 2.07 bits per heavy atom. The highest BCUT2D eigenvalue weighted by Crippen LogP contribution is 2.14. The summed E-state index contributed by atoms with van der Waals surface area (Å²) in [6.45, 7) is 6.01. The third kappa shape index (κ3) is 2.86. The van der Waals surface area contributed by atoms with Gasteiger partial charge >= 0.3 is 0 Å². The van der Waals surface area contributed by atoms with Crippen LogP contribution in [0.2, 0.25) is 0 Å². The Bertz CT molecular complexity index is 340. The first-order valence-electron chi connectivity index (χ1n) is 5.06. The second kappa shape index (κ2) is 5.60. The van der Waals surface area contributed by atoms with E-state index in [4.69, 9.17) is 18.0 Å². The molecule has 0 aliphatic carbocycles. The van der Waals surface area contributed by atoms with E-state index in [1.807, 2.05) is 0 Å². The minimum atomic E-state index is 0.299. The summed E-state index contributed by atoms with van der Waals surface area (Å²) in [6, 6.07) is 0. The third-order valence-corrected chi connectivity index (χ3v) is 2.28. The van der Waals surface area contributed by atoms with Gasteiger partial charge in [-0.05, 0) is 13.3 Å². The lowest BCUT2D eigenvalue weighted by Crippen LogP contribution is -2.28. The van der Waals surface area contributed by atoms with Crippen molar-refractivity contribution in [2.45, 2.75) is 20.3 Å². The van der Waals surface area contributed by atoms with Crippen LogP contribution in [0.15, 0.2) is 12.4 Å². The van der Waals surface area contributed by atoms with Gasteiger partial charge in [0.1, 0.15) is 10.7 Å². The van der Waals surface area contributed by atoms with Crippen LogP contribution in [0.4, 0.5) is 5.82 Å². The van der Waals surface area contributed by atoms with Crippen LogP contribution in [-0.2, 0) is 0 Å². The van der Waals surface area contributed by atoms with Gasteiger partial charge in [-0.15, -0.1) is 0 Å². The molecule has 1 aromatic heterocycles. The molecule has 1 aromatic rings. The maximum atomic E-state index is 5.61. The Labute approximate surface area is 95.5 Å². The zero-order valence-corrected chi connectivity index (χ0v) is 9.92. The van der Waals surface area contributed by atoms with Crippen molar-refractivity contribution in [2.24, 2.45) is 5.73 Å². The van der Waals surface area contributed by atoms with Crippen LogP contribution < -0.4 is 10.6 Å². The molecular weight excluding hydrogens is 208 g/mol. The minimum absolute atomic E-state index is 0.299. The van der Waals surface area contributed by atoms with E-state index in [0.717, 1.165) is 25.3 Å². The van der Waals surface area contributed by atoms with Gasteiger partial charge in [0, 0.05) is 25.5 Å². The van der Waals surface area contributed by atoms with E-state index in [2.05, 4.69) is 28.7 Å². The van der Waals surface area contributed by atoms with Crippen LogP contribution in [0.5, 0.6) is 0 Å². The lowest BCUT2D eigenvalue weighted by atomic mass is 10.3. The fourth-order valence-electron chi connectivity index (χ4n) is 1.42. The van der Waals surface area contributed by atoms with E-state index >= 15 is 0 Å². The van der Waals surface area contributed by atoms with Crippen molar-refractivity contribution in [2.75, 3.05) is 18.0 Å². The van der Waals surface area contributed by atoms with E-state index in [1.54, 1.807) is 12.4 Å². The predicted molar refractivity (Wildman–Crippen MR) is 66.1 cm³/mol. The predicted octanol–water partition coefficient (Wildman–Crippen LogP) is 1.35. The van der Waals surface area contributed by atoms with Gasteiger partial charge in [-0.3, -0.25) is 0 Å². The summed E-state index contributed by atoms with van der Waals surface area (Å²) in [5.41, 5.74) is 6.22. The first-order valence-corrected chi connectivity index (χ1v) is 5.47.